The van der Waals surface area contributed by atoms with Gasteiger partial charge in [-0.3, -0.25) is 0 Å². The molecule has 2 rings (SSSR count). The summed E-state index contributed by atoms with van der Waals surface area (Å²) in [6.45, 7) is 12.0. The molecule has 0 amide bonds. The first-order chi connectivity index (χ1) is 7.62. The third kappa shape index (κ3) is 1.46. The molecule has 0 saturated carbocycles. The first-order valence-electron chi connectivity index (χ1n) is 6.11. The average Bonchev–Trinajstić information content (AvgIpc) is 2.49. The van der Waals surface area contributed by atoms with Gasteiger partial charge in [0.2, 0.25) is 0 Å². The Labute approximate surface area is 98.8 Å². The summed E-state index contributed by atoms with van der Waals surface area (Å²) in [5, 5.41) is 0. The molecule has 1 aliphatic rings. The Bertz CT molecular complexity index is 392. The van der Waals surface area contributed by atoms with Crippen molar-refractivity contribution >= 4 is 5.69 Å². The molecule has 0 bridgehead atoms. The summed E-state index contributed by atoms with van der Waals surface area (Å²) >= 11 is 0. The number of fused-ring (bicyclic) bond motifs is 1. The minimum Gasteiger partial charge on any atom is -0.364 e. The van der Waals surface area contributed by atoms with Crippen LogP contribution in [0.2, 0.25) is 0 Å². The Hall–Kier alpha value is -1.24. The highest BCUT2D eigenvalue weighted by atomic mass is 15.2. The second-order valence-electron chi connectivity index (χ2n) is 5.11. The first kappa shape index (κ1) is 11.3. The van der Waals surface area contributed by atoms with Crippen molar-refractivity contribution in [3.8, 4) is 0 Å². The van der Waals surface area contributed by atoms with Crippen molar-refractivity contribution in [3.63, 3.8) is 0 Å². The van der Waals surface area contributed by atoms with E-state index >= 15 is 0 Å². The van der Waals surface area contributed by atoms with E-state index in [1.807, 2.05) is 0 Å². The number of para-hydroxylation sites is 1. The van der Waals surface area contributed by atoms with E-state index in [4.69, 9.17) is 0 Å². The second kappa shape index (κ2) is 3.97. The van der Waals surface area contributed by atoms with Crippen molar-refractivity contribution in [2.75, 3.05) is 11.4 Å². The zero-order valence-electron chi connectivity index (χ0n) is 10.5. The highest BCUT2D eigenvalue weighted by molar-refractivity contribution is 5.65. The van der Waals surface area contributed by atoms with Crippen molar-refractivity contribution in [1.82, 2.24) is 0 Å². The summed E-state index contributed by atoms with van der Waals surface area (Å²) in [7, 11) is 0. The molecule has 1 nitrogen and oxygen atoms in total. The number of benzene rings is 1. The first-order valence-corrected chi connectivity index (χ1v) is 6.11. The van der Waals surface area contributed by atoms with Gasteiger partial charge in [-0.05, 0) is 18.1 Å². The number of hydrogen-bond donors (Lipinski definition) is 0. The minimum atomic E-state index is 0.174. The number of anilines is 1. The molecule has 1 aromatic rings. The Morgan fingerprint density at radius 3 is 2.69 bits per heavy atom. The van der Waals surface area contributed by atoms with Gasteiger partial charge in [-0.1, -0.05) is 45.0 Å². The second-order valence-corrected chi connectivity index (χ2v) is 5.11. The van der Waals surface area contributed by atoms with Crippen LogP contribution in [-0.4, -0.2) is 12.6 Å². The number of hydrogen-bond acceptors (Lipinski definition) is 1. The lowest BCUT2D eigenvalue weighted by atomic mass is 9.80. The van der Waals surface area contributed by atoms with Crippen molar-refractivity contribution < 1.29 is 0 Å². The van der Waals surface area contributed by atoms with Gasteiger partial charge in [-0.15, -0.1) is 6.58 Å². The summed E-state index contributed by atoms with van der Waals surface area (Å²) in [5.74, 6) is 0. The van der Waals surface area contributed by atoms with Crippen LogP contribution in [0.3, 0.4) is 0 Å². The van der Waals surface area contributed by atoms with Crippen LogP contribution in [0, 0.1) is 0 Å². The Morgan fingerprint density at radius 1 is 1.38 bits per heavy atom. The van der Waals surface area contributed by atoms with E-state index in [1.165, 1.54) is 17.7 Å². The van der Waals surface area contributed by atoms with Gasteiger partial charge in [0.1, 0.15) is 0 Å². The van der Waals surface area contributed by atoms with Gasteiger partial charge >= 0.3 is 0 Å². The normalized spacial score (nSPS) is 21.9. The maximum atomic E-state index is 4.01. The highest BCUT2D eigenvalue weighted by Gasteiger charge is 2.41. The fraction of sp³-hybridized carbons (Fsp3) is 0.467. The van der Waals surface area contributed by atoms with E-state index in [1.54, 1.807) is 0 Å². The number of rotatable bonds is 3. The highest BCUT2D eigenvalue weighted by Crippen LogP contribution is 2.45. The maximum Gasteiger partial charge on any atom is 0.0562 e. The van der Waals surface area contributed by atoms with Crippen LogP contribution >= 0.6 is 0 Å². The molecule has 0 saturated heterocycles. The molecule has 1 unspecified atom stereocenters. The van der Waals surface area contributed by atoms with Crippen molar-refractivity contribution in [2.45, 2.75) is 38.6 Å². The lowest BCUT2D eigenvalue weighted by molar-refractivity contribution is 0.474. The third-order valence-corrected chi connectivity index (χ3v) is 3.67. The molecule has 1 heterocycles. The predicted molar refractivity (Wildman–Crippen MR) is 71.1 cm³/mol. The largest absolute Gasteiger partial charge is 0.364 e. The van der Waals surface area contributed by atoms with E-state index in [9.17, 15) is 0 Å². The zero-order valence-corrected chi connectivity index (χ0v) is 10.5. The summed E-state index contributed by atoms with van der Waals surface area (Å²) in [5.41, 5.74) is 3.01. The van der Waals surface area contributed by atoms with Crippen LogP contribution in [0.4, 0.5) is 5.69 Å². The quantitative estimate of drug-likeness (QED) is 0.694. The van der Waals surface area contributed by atoms with Crippen LogP contribution in [-0.2, 0) is 5.41 Å². The monoisotopic (exact) mass is 215 g/mol. The zero-order chi connectivity index (χ0) is 11.8. The van der Waals surface area contributed by atoms with E-state index in [2.05, 4.69) is 62.6 Å². The molecular formula is C15H21N. The average molecular weight is 215 g/mol. The predicted octanol–water partition coefficient (Wildman–Crippen LogP) is 3.75. The molecule has 0 aliphatic carbocycles. The molecule has 1 atom stereocenters. The summed E-state index contributed by atoms with van der Waals surface area (Å²) < 4.78 is 0. The number of nitrogens with zero attached hydrogens (tertiary/aromatic N) is 1. The SMILES string of the molecule is C=CC1N(CCC)c2ccccc2C1(C)C. The van der Waals surface area contributed by atoms with Crippen LogP contribution < -0.4 is 4.90 Å². The molecule has 1 aromatic carbocycles. The van der Waals surface area contributed by atoms with E-state index < -0.39 is 0 Å². The van der Waals surface area contributed by atoms with Crippen LogP contribution in [0.25, 0.3) is 0 Å². The van der Waals surface area contributed by atoms with Gasteiger partial charge in [0.15, 0.2) is 0 Å². The van der Waals surface area contributed by atoms with Crippen LogP contribution in [0.5, 0.6) is 0 Å². The molecule has 0 fully saturated rings. The Kier molecular flexibility index (Phi) is 2.79. The molecule has 0 N–H and O–H groups in total. The molecule has 0 radical (unpaired) electrons. The van der Waals surface area contributed by atoms with Crippen molar-refractivity contribution in [3.05, 3.63) is 42.5 Å². The molecule has 16 heavy (non-hydrogen) atoms. The topological polar surface area (TPSA) is 3.24 Å². The fourth-order valence-corrected chi connectivity index (χ4v) is 2.89. The summed E-state index contributed by atoms with van der Waals surface area (Å²) in [4.78, 5) is 2.49. The Morgan fingerprint density at radius 2 is 2.06 bits per heavy atom. The third-order valence-electron chi connectivity index (χ3n) is 3.67. The molecule has 1 aliphatic heterocycles. The van der Waals surface area contributed by atoms with Gasteiger partial charge < -0.3 is 4.90 Å². The van der Waals surface area contributed by atoms with Crippen LogP contribution in [0.1, 0.15) is 32.8 Å². The van der Waals surface area contributed by atoms with Gasteiger partial charge in [-0.25, -0.2) is 0 Å². The smallest absolute Gasteiger partial charge is 0.0562 e. The molecule has 0 spiro atoms. The van der Waals surface area contributed by atoms with E-state index in [0.717, 1.165) is 6.54 Å². The standard InChI is InChI=1S/C15H21N/c1-5-11-16-13-10-8-7-9-12(13)15(3,4)14(16)6-2/h6-10,14H,2,5,11H2,1,3-4H3. The molecule has 86 valence electrons. The van der Waals surface area contributed by atoms with E-state index in [-0.39, 0.29) is 5.41 Å². The van der Waals surface area contributed by atoms with Crippen LogP contribution in [0.15, 0.2) is 36.9 Å². The molecular weight excluding hydrogens is 194 g/mol. The van der Waals surface area contributed by atoms with E-state index in [0.29, 0.717) is 6.04 Å². The van der Waals surface area contributed by atoms with Crippen molar-refractivity contribution in [1.29, 1.82) is 0 Å². The summed E-state index contributed by atoms with van der Waals surface area (Å²) in [6, 6.07) is 9.17. The molecule has 1 heteroatoms. The minimum absolute atomic E-state index is 0.174. The maximum absolute atomic E-state index is 4.01. The fourth-order valence-electron chi connectivity index (χ4n) is 2.89. The van der Waals surface area contributed by atoms with Crippen molar-refractivity contribution in [2.24, 2.45) is 0 Å². The van der Waals surface area contributed by atoms with Gasteiger partial charge in [-0.2, -0.15) is 0 Å². The lowest BCUT2D eigenvalue weighted by Crippen LogP contribution is -2.40. The molecule has 0 aromatic heterocycles. The Balaban J connectivity index is 2.51. The van der Waals surface area contributed by atoms with Gasteiger partial charge in [0, 0.05) is 17.6 Å². The van der Waals surface area contributed by atoms with Gasteiger partial charge in [0.05, 0.1) is 6.04 Å². The lowest BCUT2D eigenvalue weighted by Gasteiger charge is -2.31. The van der Waals surface area contributed by atoms with Gasteiger partial charge in [0.25, 0.3) is 0 Å². The summed E-state index contributed by atoms with van der Waals surface area (Å²) in [6.07, 6.45) is 3.27.